The highest BCUT2D eigenvalue weighted by Gasteiger charge is 2.28. The highest BCUT2D eigenvalue weighted by molar-refractivity contribution is 5.74. The molecule has 0 radical (unpaired) electrons. The smallest absolute Gasteiger partial charge is 0.164 e. The van der Waals surface area contributed by atoms with E-state index in [9.17, 15) is 5.11 Å². The molecule has 0 amide bonds. The lowest BCUT2D eigenvalue weighted by molar-refractivity contribution is 0.304. The van der Waals surface area contributed by atoms with Crippen molar-refractivity contribution in [2.45, 2.75) is 18.9 Å². The fraction of sp³-hybridized carbons (Fsp3) is 0.294. The fourth-order valence-corrected chi connectivity index (χ4v) is 3.28. The number of rotatable bonds is 2. The van der Waals surface area contributed by atoms with Gasteiger partial charge in [-0.2, -0.15) is 0 Å². The fourth-order valence-electron chi connectivity index (χ4n) is 3.28. The Balaban J connectivity index is 1.98. The molecule has 112 valence electrons. The number of likely N-dealkylation sites (tertiary alicyclic amines) is 1. The zero-order chi connectivity index (χ0) is 15.1. The Morgan fingerprint density at radius 2 is 2.14 bits per heavy atom. The number of phenols is 1. The van der Waals surface area contributed by atoms with Crippen LogP contribution in [0.2, 0.25) is 0 Å². The Kier molecular flexibility index (Phi) is 3.08. The number of aromatic hydroxyl groups is 1. The molecule has 1 fully saturated rings. The van der Waals surface area contributed by atoms with Gasteiger partial charge in [-0.1, -0.05) is 6.07 Å². The first-order chi connectivity index (χ1) is 10.7. The molecule has 1 aromatic carbocycles. The molecule has 5 heteroatoms. The van der Waals surface area contributed by atoms with Crippen molar-refractivity contribution in [2.75, 3.05) is 13.6 Å². The van der Waals surface area contributed by atoms with Crippen LogP contribution in [0.4, 0.5) is 0 Å². The predicted molar refractivity (Wildman–Crippen MR) is 85.1 cm³/mol. The summed E-state index contributed by atoms with van der Waals surface area (Å²) in [5, 5.41) is 9.83. The monoisotopic (exact) mass is 294 g/mol. The highest BCUT2D eigenvalue weighted by atomic mass is 16.3. The van der Waals surface area contributed by atoms with Gasteiger partial charge in [0.15, 0.2) is 5.65 Å². The van der Waals surface area contributed by atoms with Crippen molar-refractivity contribution in [3.63, 3.8) is 0 Å². The number of imidazole rings is 1. The summed E-state index contributed by atoms with van der Waals surface area (Å²) >= 11 is 0. The minimum absolute atomic E-state index is 0.251. The van der Waals surface area contributed by atoms with Gasteiger partial charge in [0.25, 0.3) is 0 Å². The molecular weight excluding hydrogens is 276 g/mol. The van der Waals surface area contributed by atoms with Crippen LogP contribution >= 0.6 is 0 Å². The summed E-state index contributed by atoms with van der Waals surface area (Å²) in [5.74, 6) is 1.25. The molecule has 0 bridgehead atoms. The van der Waals surface area contributed by atoms with Crippen molar-refractivity contribution < 1.29 is 5.11 Å². The second-order valence-corrected chi connectivity index (χ2v) is 5.81. The van der Waals surface area contributed by atoms with E-state index in [1.807, 2.05) is 24.3 Å². The Labute approximate surface area is 128 Å². The quantitative estimate of drug-likeness (QED) is 0.789. The molecule has 0 spiro atoms. The summed E-state index contributed by atoms with van der Waals surface area (Å²) in [6.45, 7) is 1.08. The first kappa shape index (κ1) is 13.3. The van der Waals surface area contributed by atoms with Crippen molar-refractivity contribution in [2.24, 2.45) is 0 Å². The van der Waals surface area contributed by atoms with E-state index in [0.29, 0.717) is 0 Å². The van der Waals surface area contributed by atoms with E-state index in [1.54, 1.807) is 18.3 Å². The Hall–Kier alpha value is -2.40. The number of pyridine rings is 1. The SMILES string of the molecule is CN1CCCC1c1nc2cccnc2n1-c1cccc(O)c1. The molecule has 1 N–H and O–H groups in total. The zero-order valence-corrected chi connectivity index (χ0v) is 12.5. The third-order valence-corrected chi connectivity index (χ3v) is 4.35. The van der Waals surface area contributed by atoms with Crippen LogP contribution in [0.25, 0.3) is 16.9 Å². The average Bonchev–Trinajstić information content (AvgIpc) is 3.10. The van der Waals surface area contributed by atoms with Gasteiger partial charge in [0.2, 0.25) is 0 Å². The Morgan fingerprint density at radius 1 is 1.23 bits per heavy atom. The summed E-state index contributed by atoms with van der Waals surface area (Å²) in [6.07, 6.45) is 4.06. The van der Waals surface area contributed by atoms with Crippen molar-refractivity contribution in [1.29, 1.82) is 0 Å². The van der Waals surface area contributed by atoms with Crippen LogP contribution in [0.15, 0.2) is 42.6 Å². The van der Waals surface area contributed by atoms with E-state index in [-0.39, 0.29) is 11.8 Å². The summed E-state index contributed by atoms with van der Waals surface area (Å²) in [6, 6.07) is 11.4. The maximum absolute atomic E-state index is 9.83. The maximum Gasteiger partial charge on any atom is 0.164 e. The first-order valence-corrected chi connectivity index (χ1v) is 7.57. The van der Waals surface area contributed by atoms with Crippen LogP contribution < -0.4 is 0 Å². The molecule has 0 saturated carbocycles. The second kappa shape index (κ2) is 5.10. The van der Waals surface area contributed by atoms with Crippen LogP contribution in [-0.4, -0.2) is 38.1 Å². The summed E-state index contributed by atoms with van der Waals surface area (Å²) < 4.78 is 2.07. The number of phenolic OH excluding ortho intramolecular Hbond substituents is 1. The lowest BCUT2D eigenvalue weighted by Crippen LogP contribution is -2.20. The zero-order valence-electron chi connectivity index (χ0n) is 12.5. The molecule has 0 aliphatic carbocycles. The summed E-state index contributed by atoms with van der Waals surface area (Å²) in [7, 11) is 2.14. The predicted octanol–water partition coefficient (Wildman–Crippen LogP) is 2.89. The lowest BCUT2D eigenvalue weighted by Gasteiger charge is -2.20. The van der Waals surface area contributed by atoms with Crippen molar-refractivity contribution in [1.82, 2.24) is 19.4 Å². The van der Waals surface area contributed by atoms with Gasteiger partial charge in [0.05, 0.1) is 11.7 Å². The van der Waals surface area contributed by atoms with E-state index in [0.717, 1.165) is 35.6 Å². The Bertz CT molecular complexity index is 826. The van der Waals surface area contributed by atoms with Crippen LogP contribution in [0, 0.1) is 0 Å². The summed E-state index contributed by atoms with van der Waals surface area (Å²) in [5.41, 5.74) is 2.63. The molecule has 1 saturated heterocycles. The van der Waals surface area contributed by atoms with Gasteiger partial charge >= 0.3 is 0 Å². The normalized spacial score (nSPS) is 19.0. The van der Waals surface area contributed by atoms with Gasteiger partial charge in [0, 0.05) is 12.3 Å². The second-order valence-electron chi connectivity index (χ2n) is 5.81. The van der Waals surface area contributed by atoms with Gasteiger partial charge in [-0.05, 0) is 50.7 Å². The van der Waals surface area contributed by atoms with Gasteiger partial charge in [-0.25, -0.2) is 9.97 Å². The molecule has 5 nitrogen and oxygen atoms in total. The van der Waals surface area contributed by atoms with Gasteiger partial charge in [0.1, 0.15) is 17.1 Å². The molecule has 1 unspecified atom stereocenters. The molecule has 3 aromatic rings. The van der Waals surface area contributed by atoms with Crippen LogP contribution in [0.5, 0.6) is 5.75 Å². The molecule has 1 aliphatic rings. The minimum Gasteiger partial charge on any atom is -0.508 e. The third kappa shape index (κ3) is 2.05. The van der Waals surface area contributed by atoms with E-state index in [2.05, 4.69) is 21.5 Å². The number of nitrogens with zero attached hydrogens (tertiary/aromatic N) is 4. The molecule has 22 heavy (non-hydrogen) atoms. The molecule has 2 aromatic heterocycles. The minimum atomic E-state index is 0.251. The summed E-state index contributed by atoms with van der Waals surface area (Å²) in [4.78, 5) is 11.7. The number of aromatic nitrogens is 3. The van der Waals surface area contributed by atoms with Crippen LogP contribution in [0.1, 0.15) is 24.7 Å². The average molecular weight is 294 g/mol. The third-order valence-electron chi connectivity index (χ3n) is 4.35. The van der Waals surface area contributed by atoms with Crippen molar-refractivity contribution in [3.8, 4) is 11.4 Å². The number of hydrogen-bond donors (Lipinski definition) is 1. The number of fused-ring (bicyclic) bond motifs is 1. The van der Waals surface area contributed by atoms with E-state index in [1.165, 1.54) is 6.42 Å². The van der Waals surface area contributed by atoms with Crippen LogP contribution in [0.3, 0.4) is 0 Å². The van der Waals surface area contributed by atoms with Gasteiger partial charge in [-0.15, -0.1) is 0 Å². The molecule has 3 heterocycles. The van der Waals surface area contributed by atoms with Crippen molar-refractivity contribution >= 4 is 11.2 Å². The molecular formula is C17H18N4O. The van der Waals surface area contributed by atoms with E-state index in [4.69, 9.17) is 4.98 Å². The van der Waals surface area contributed by atoms with Gasteiger partial charge < -0.3 is 5.11 Å². The van der Waals surface area contributed by atoms with E-state index < -0.39 is 0 Å². The van der Waals surface area contributed by atoms with Crippen LogP contribution in [-0.2, 0) is 0 Å². The first-order valence-electron chi connectivity index (χ1n) is 7.57. The number of benzene rings is 1. The topological polar surface area (TPSA) is 54.2 Å². The number of hydrogen-bond acceptors (Lipinski definition) is 4. The largest absolute Gasteiger partial charge is 0.508 e. The van der Waals surface area contributed by atoms with Crippen molar-refractivity contribution in [3.05, 3.63) is 48.4 Å². The van der Waals surface area contributed by atoms with E-state index >= 15 is 0 Å². The molecule has 1 atom stereocenters. The molecule has 1 aliphatic heterocycles. The highest BCUT2D eigenvalue weighted by Crippen LogP contribution is 2.33. The standard InChI is InChI=1S/C17H18N4O/c1-20-10-4-8-15(20)17-19-14-7-3-9-18-16(14)21(17)12-5-2-6-13(22)11-12/h2-3,5-7,9,11,15,22H,4,8,10H2,1H3. The lowest BCUT2D eigenvalue weighted by atomic mass is 10.2. The van der Waals surface area contributed by atoms with Gasteiger partial charge in [-0.3, -0.25) is 9.47 Å². The Morgan fingerprint density at radius 3 is 2.91 bits per heavy atom. The molecule has 4 rings (SSSR count). The maximum atomic E-state index is 9.83.